The van der Waals surface area contributed by atoms with Crippen molar-refractivity contribution in [3.05, 3.63) is 12.2 Å². The van der Waals surface area contributed by atoms with Gasteiger partial charge >= 0.3 is 6.03 Å². The van der Waals surface area contributed by atoms with Gasteiger partial charge in [0.25, 0.3) is 0 Å². The molecule has 12 heavy (non-hydrogen) atoms. The van der Waals surface area contributed by atoms with Crippen molar-refractivity contribution in [2.24, 2.45) is 22.7 Å². The number of hydrogen-bond donors (Lipinski definition) is 2. The smallest absolute Gasteiger partial charge is 0.332 e. The molecule has 0 unspecified atom stereocenters. The van der Waals surface area contributed by atoms with E-state index in [0.717, 1.165) is 18.6 Å². The average Bonchev–Trinajstić information content (AvgIpc) is 2.32. The standard InChI is InChI=1S/C8H11N3O/c9-8(12)11-10-7-4-5-2-1-3-6(5)7/h1-2,5-6H,3-4H2,(H3,9,11,12)/b10-7-/t5-,6-/m0/s1. The molecular formula is C8H11N3O. The molecule has 0 saturated heterocycles. The lowest BCUT2D eigenvalue weighted by Gasteiger charge is -2.31. The van der Waals surface area contributed by atoms with Crippen LogP contribution in [0, 0.1) is 11.8 Å². The van der Waals surface area contributed by atoms with Crippen molar-refractivity contribution in [3.63, 3.8) is 0 Å². The third-order valence-corrected chi connectivity index (χ3v) is 2.47. The number of carbonyl (C=O) groups excluding carboxylic acids is 1. The molecule has 1 saturated carbocycles. The van der Waals surface area contributed by atoms with E-state index in [2.05, 4.69) is 22.7 Å². The summed E-state index contributed by atoms with van der Waals surface area (Å²) >= 11 is 0. The van der Waals surface area contributed by atoms with E-state index in [1.54, 1.807) is 0 Å². The number of nitrogens with zero attached hydrogens (tertiary/aromatic N) is 1. The summed E-state index contributed by atoms with van der Waals surface area (Å²) in [5.41, 5.74) is 8.22. The minimum atomic E-state index is -0.586. The number of carbonyl (C=O) groups is 1. The highest BCUT2D eigenvalue weighted by Gasteiger charge is 2.37. The van der Waals surface area contributed by atoms with Crippen LogP contribution in [-0.2, 0) is 0 Å². The van der Waals surface area contributed by atoms with Gasteiger partial charge in [-0.05, 0) is 18.8 Å². The van der Waals surface area contributed by atoms with Crippen LogP contribution in [0.2, 0.25) is 0 Å². The number of rotatable bonds is 1. The molecule has 2 aliphatic rings. The van der Waals surface area contributed by atoms with Gasteiger partial charge in [-0.1, -0.05) is 12.2 Å². The molecular weight excluding hydrogens is 154 g/mol. The Labute approximate surface area is 70.5 Å². The number of allylic oxidation sites excluding steroid dienone is 2. The number of hydrogen-bond acceptors (Lipinski definition) is 2. The van der Waals surface area contributed by atoms with Gasteiger partial charge in [0.05, 0.1) is 0 Å². The Bertz CT molecular complexity index is 269. The van der Waals surface area contributed by atoms with E-state index < -0.39 is 6.03 Å². The lowest BCUT2D eigenvalue weighted by Crippen LogP contribution is -2.36. The maximum absolute atomic E-state index is 10.3. The molecule has 2 aliphatic carbocycles. The van der Waals surface area contributed by atoms with Crippen LogP contribution in [0.1, 0.15) is 12.8 Å². The zero-order valence-corrected chi connectivity index (χ0v) is 6.66. The third kappa shape index (κ3) is 1.09. The van der Waals surface area contributed by atoms with Gasteiger partial charge in [-0.2, -0.15) is 5.10 Å². The molecule has 0 aromatic carbocycles. The van der Waals surface area contributed by atoms with Crippen molar-refractivity contribution in [1.29, 1.82) is 0 Å². The number of amides is 2. The van der Waals surface area contributed by atoms with Crippen molar-refractivity contribution >= 4 is 11.7 Å². The lowest BCUT2D eigenvalue weighted by atomic mass is 9.74. The highest BCUT2D eigenvalue weighted by atomic mass is 16.2. The van der Waals surface area contributed by atoms with Crippen LogP contribution in [0.5, 0.6) is 0 Å². The molecule has 1 fully saturated rings. The quantitative estimate of drug-likeness (QED) is 0.433. The summed E-state index contributed by atoms with van der Waals surface area (Å²) in [6, 6.07) is -0.586. The van der Waals surface area contributed by atoms with Gasteiger partial charge in [-0.25, -0.2) is 10.2 Å². The molecule has 2 atom stereocenters. The molecule has 2 amide bonds. The Hall–Kier alpha value is -1.32. The van der Waals surface area contributed by atoms with Crippen LogP contribution in [0.15, 0.2) is 17.3 Å². The van der Waals surface area contributed by atoms with Crippen molar-refractivity contribution in [3.8, 4) is 0 Å². The molecule has 0 spiro atoms. The first kappa shape index (κ1) is 7.34. The Morgan fingerprint density at radius 2 is 2.58 bits per heavy atom. The minimum Gasteiger partial charge on any atom is -0.350 e. The van der Waals surface area contributed by atoms with E-state index in [9.17, 15) is 4.79 Å². The van der Waals surface area contributed by atoms with Gasteiger partial charge in [0, 0.05) is 11.6 Å². The van der Waals surface area contributed by atoms with Crippen LogP contribution < -0.4 is 11.2 Å². The van der Waals surface area contributed by atoms with Crippen LogP contribution in [0.3, 0.4) is 0 Å². The second-order valence-electron chi connectivity index (χ2n) is 3.22. The zero-order chi connectivity index (χ0) is 8.55. The summed E-state index contributed by atoms with van der Waals surface area (Å²) in [6.07, 6.45) is 6.42. The second kappa shape index (κ2) is 2.62. The van der Waals surface area contributed by atoms with Crippen molar-refractivity contribution in [1.82, 2.24) is 5.43 Å². The van der Waals surface area contributed by atoms with E-state index >= 15 is 0 Å². The summed E-state index contributed by atoms with van der Waals surface area (Å²) in [4.78, 5) is 10.3. The predicted octanol–water partition coefficient (Wildman–Crippen LogP) is 0.607. The molecule has 3 N–H and O–H groups in total. The summed E-state index contributed by atoms with van der Waals surface area (Å²) in [5, 5.41) is 3.92. The molecule has 0 aliphatic heterocycles. The molecule has 0 aromatic rings. The molecule has 0 heterocycles. The SMILES string of the molecule is NC(=O)N/N=C1/C[C@@H]2C=CC[C@H]12. The van der Waals surface area contributed by atoms with Crippen LogP contribution >= 0.6 is 0 Å². The van der Waals surface area contributed by atoms with Crippen molar-refractivity contribution in [2.75, 3.05) is 0 Å². The molecule has 4 heteroatoms. The largest absolute Gasteiger partial charge is 0.350 e. The minimum absolute atomic E-state index is 0.539. The van der Waals surface area contributed by atoms with Crippen LogP contribution in [0.25, 0.3) is 0 Å². The predicted molar refractivity (Wildman–Crippen MR) is 45.5 cm³/mol. The normalized spacial score (nSPS) is 34.5. The van der Waals surface area contributed by atoms with Gasteiger partial charge < -0.3 is 5.73 Å². The number of fused-ring (bicyclic) bond motifs is 1. The maximum atomic E-state index is 10.3. The second-order valence-corrected chi connectivity index (χ2v) is 3.22. The molecule has 64 valence electrons. The van der Waals surface area contributed by atoms with Crippen LogP contribution in [0.4, 0.5) is 4.79 Å². The summed E-state index contributed by atoms with van der Waals surface area (Å²) in [6.45, 7) is 0. The fourth-order valence-electron chi connectivity index (χ4n) is 1.79. The van der Waals surface area contributed by atoms with Gasteiger partial charge in [0.2, 0.25) is 0 Å². The Morgan fingerprint density at radius 1 is 1.75 bits per heavy atom. The summed E-state index contributed by atoms with van der Waals surface area (Å²) in [7, 11) is 0. The first-order valence-electron chi connectivity index (χ1n) is 4.06. The maximum Gasteiger partial charge on any atom is 0.332 e. The summed E-state index contributed by atoms with van der Waals surface area (Å²) in [5.74, 6) is 1.20. The molecule has 2 rings (SSSR count). The van der Waals surface area contributed by atoms with Gasteiger partial charge in [0.1, 0.15) is 0 Å². The van der Waals surface area contributed by atoms with Crippen LogP contribution in [-0.4, -0.2) is 11.7 Å². The third-order valence-electron chi connectivity index (χ3n) is 2.47. The van der Waals surface area contributed by atoms with Gasteiger partial charge in [-0.15, -0.1) is 0 Å². The van der Waals surface area contributed by atoms with E-state index in [4.69, 9.17) is 5.73 Å². The topological polar surface area (TPSA) is 67.5 Å². The highest BCUT2D eigenvalue weighted by Crippen LogP contribution is 2.39. The van der Waals surface area contributed by atoms with Crippen molar-refractivity contribution in [2.45, 2.75) is 12.8 Å². The summed E-state index contributed by atoms with van der Waals surface area (Å²) < 4.78 is 0. The van der Waals surface area contributed by atoms with E-state index in [1.807, 2.05) is 0 Å². The number of nitrogens with one attached hydrogen (secondary N) is 1. The number of urea groups is 1. The van der Waals surface area contributed by atoms with E-state index in [1.165, 1.54) is 0 Å². The number of primary amides is 1. The Balaban J connectivity index is 1.92. The molecule has 0 radical (unpaired) electrons. The van der Waals surface area contributed by atoms with Gasteiger partial charge in [-0.3, -0.25) is 0 Å². The van der Waals surface area contributed by atoms with Gasteiger partial charge in [0.15, 0.2) is 0 Å². The Kier molecular flexibility index (Phi) is 1.60. The lowest BCUT2D eigenvalue weighted by molar-refractivity contribution is 0.249. The number of hydrazone groups is 1. The Morgan fingerprint density at radius 3 is 3.25 bits per heavy atom. The molecule has 0 bridgehead atoms. The fraction of sp³-hybridized carbons (Fsp3) is 0.500. The van der Waals surface area contributed by atoms with Crippen molar-refractivity contribution < 1.29 is 4.79 Å². The fourth-order valence-corrected chi connectivity index (χ4v) is 1.79. The zero-order valence-electron chi connectivity index (χ0n) is 6.66. The first-order chi connectivity index (χ1) is 5.77. The number of nitrogens with two attached hydrogens (primary N) is 1. The average molecular weight is 165 g/mol. The molecule has 0 aromatic heterocycles. The van der Waals surface area contributed by atoms with E-state index in [-0.39, 0.29) is 0 Å². The highest BCUT2D eigenvalue weighted by molar-refractivity contribution is 5.94. The first-order valence-corrected chi connectivity index (χ1v) is 4.06. The van der Waals surface area contributed by atoms with E-state index in [0.29, 0.717) is 11.8 Å². The molecule has 4 nitrogen and oxygen atoms in total. The monoisotopic (exact) mass is 165 g/mol.